The van der Waals surface area contributed by atoms with Gasteiger partial charge in [-0.15, -0.1) is 5.10 Å². The molecule has 0 spiro atoms. The van der Waals surface area contributed by atoms with Crippen LogP contribution in [0.4, 0.5) is 5.69 Å². The van der Waals surface area contributed by atoms with Gasteiger partial charge < -0.3 is 19.4 Å². The van der Waals surface area contributed by atoms with Crippen LogP contribution in [0.3, 0.4) is 0 Å². The van der Waals surface area contributed by atoms with Gasteiger partial charge in [-0.25, -0.2) is 4.68 Å². The Kier molecular flexibility index (Phi) is 6.97. The summed E-state index contributed by atoms with van der Waals surface area (Å²) in [4.78, 5) is 21.1. The van der Waals surface area contributed by atoms with Gasteiger partial charge in [0.05, 0.1) is 20.3 Å². The van der Waals surface area contributed by atoms with Crippen LogP contribution in [-0.2, 0) is 11.3 Å². The maximum Gasteiger partial charge on any atom is 0.253 e. The highest BCUT2D eigenvalue weighted by Crippen LogP contribution is 2.29. The first kappa shape index (κ1) is 24.0. The first-order valence-corrected chi connectivity index (χ1v) is 12.1. The van der Waals surface area contributed by atoms with E-state index in [0.717, 1.165) is 54.1 Å². The molecule has 0 unspecified atom stereocenters. The Hall–Kier alpha value is -3.76. The molecule has 1 saturated heterocycles. The van der Waals surface area contributed by atoms with Crippen molar-refractivity contribution in [3.63, 3.8) is 0 Å². The molecule has 0 radical (unpaired) electrons. The predicted octanol–water partition coefficient (Wildman–Crippen LogP) is 2.39. The number of rotatable bonds is 8. The van der Waals surface area contributed by atoms with Gasteiger partial charge in [0.15, 0.2) is 5.82 Å². The van der Waals surface area contributed by atoms with Crippen molar-refractivity contribution in [2.24, 2.45) is 0 Å². The molecule has 10 nitrogen and oxygen atoms in total. The van der Waals surface area contributed by atoms with Gasteiger partial charge >= 0.3 is 0 Å². The standard InChI is InChI=1S/C26H31N7O3/c1-18-4-5-19-17-22(26(34)27-23(19)16-18)24(25-28-29-30-33(25)14-15-35-2)32-12-10-31(11-13-32)20-6-8-21(36-3)9-7-20/h4-9,16-17,24H,10-15H2,1-3H3,(H,27,34)/t24-/m1/s1. The molecule has 2 aromatic heterocycles. The van der Waals surface area contributed by atoms with E-state index in [1.807, 2.05) is 37.3 Å². The first-order chi connectivity index (χ1) is 17.6. The van der Waals surface area contributed by atoms with E-state index in [4.69, 9.17) is 9.47 Å². The molecule has 1 aliphatic heterocycles. The third-order valence-corrected chi connectivity index (χ3v) is 6.75. The highest BCUT2D eigenvalue weighted by atomic mass is 16.5. The highest BCUT2D eigenvalue weighted by Gasteiger charge is 2.32. The lowest BCUT2D eigenvalue weighted by molar-refractivity contribution is 0.171. The summed E-state index contributed by atoms with van der Waals surface area (Å²) in [6.07, 6.45) is 0. The summed E-state index contributed by atoms with van der Waals surface area (Å²) in [5.74, 6) is 1.48. The maximum absolute atomic E-state index is 13.4. The van der Waals surface area contributed by atoms with E-state index in [1.165, 1.54) is 0 Å². The van der Waals surface area contributed by atoms with Gasteiger partial charge in [-0.05, 0) is 64.7 Å². The fourth-order valence-corrected chi connectivity index (χ4v) is 4.81. The van der Waals surface area contributed by atoms with E-state index < -0.39 is 0 Å². The average molecular weight is 490 g/mol. The number of nitrogens with one attached hydrogen (secondary N) is 1. The average Bonchev–Trinajstić information content (AvgIpc) is 3.36. The highest BCUT2D eigenvalue weighted by molar-refractivity contribution is 5.79. The second kappa shape index (κ2) is 10.5. The van der Waals surface area contributed by atoms with Crippen LogP contribution in [0.25, 0.3) is 10.9 Å². The predicted molar refractivity (Wildman–Crippen MR) is 138 cm³/mol. The number of aromatic amines is 1. The van der Waals surface area contributed by atoms with Crippen molar-refractivity contribution < 1.29 is 9.47 Å². The third kappa shape index (κ3) is 4.82. The zero-order valence-corrected chi connectivity index (χ0v) is 20.8. The summed E-state index contributed by atoms with van der Waals surface area (Å²) in [6.45, 7) is 6.12. The fourth-order valence-electron chi connectivity index (χ4n) is 4.81. The van der Waals surface area contributed by atoms with Crippen LogP contribution in [0, 0.1) is 6.92 Å². The molecular formula is C26H31N7O3. The van der Waals surface area contributed by atoms with Crippen LogP contribution in [0.2, 0.25) is 0 Å². The third-order valence-electron chi connectivity index (χ3n) is 6.75. The molecule has 5 rings (SSSR count). The van der Waals surface area contributed by atoms with Gasteiger partial charge in [0.1, 0.15) is 11.8 Å². The number of nitrogens with zero attached hydrogens (tertiary/aromatic N) is 6. The molecule has 1 N–H and O–H groups in total. The number of aryl methyl sites for hydroxylation is 1. The topological polar surface area (TPSA) is 101 Å². The number of ether oxygens (including phenoxy) is 2. The Labute approximate surface area is 209 Å². The largest absolute Gasteiger partial charge is 0.497 e. The SMILES string of the molecule is COCCn1nnnc1[C@@H](c1cc2ccc(C)cc2[nH]c1=O)N1CCN(c2ccc(OC)cc2)CC1. The summed E-state index contributed by atoms with van der Waals surface area (Å²) in [5.41, 5.74) is 3.58. The summed E-state index contributed by atoms with van der Waals surface area (Å²) in [6, 6.07) is 15.8. The zero-order chi connectivity index (χ0) is 25.1. The molecule has 0 saturated carbocycles. The van der Waals surface area contributed by atoms with Gasteiger partial charge in [-0.2, -0.15) is 0 Å². The molecule has 1 fully saturated rings. The first-order valence-electron chi connectivity index (χ1n) is 12.1. The monoisotopic (exact) mass is 489 g/mol. The van der Waals surface area contributed by atoms with E-state index in [2.05, 4.69) is 48.5 Å². The quantitative estimate of drug-likeness (QED) is 0.403. The van der Waals surface area contributed by atoms with Gasteiger partial charge in [-0.3, -0.25) is 9.69 Å². The lowest BCUT2D eigenvalue weighted by Crippen LogP contribution is -2.49. The van der Waals surface area contributed by atoms with Crippen LogP contribution in [0.5, 0.6) is 5.75 Å². The number of aromatic nitrogens is 5. The summed E-state index contributed by atoms with van der Waals surface area (Å²) < 4.78 is 12.3. The van der Waals surface area contributed by atoms with Crippen molar-refractivity contribution in [1.29, 1.82) is 0 Å². The maximum atomic E-state index is 13.4. The van der Waals surface area contributed by atoms with E-state index in [-0.39, 0.29) is 11.6 Å². The molecular weight excluding hydrogens is 458 g/mol. The number of tetrazole rings is 1. The smallest absolute Gasteiger partial charge is 0.253 e. The van der Waals surface area contributed by atoms with Gasteiger partial charge in [0.2, 0.25) is 0 Å². The molecule has 1 aliphatic rings. The number of hydrogen-bond acceptors (Lipinski definition) is 8. The normalized spacial score (nSPS) is 15.4. The van der Waals surface area contributed by atoms with E-state index >= 15 is 0 Å². The Morgan fingerprint density at radius 3 is 2.53 bits per heavy atom. The Morgan fingerprint density at radius 2 is 1.81 bits per heavy atom. The van der Waals surface area contributed by atoms with E-state index in [9.17, 15) is 4.79 Å². The van der Waals surface area contributed by atoms with Crippen LogP contribution in [0.15, 0.2) is 53.3 Å². The number of anilines is 1. The minimum Gasteiger partial charge on any atom is -0.497 e. The lowest BCUT2D eigenvalue weighted by atomic mass is 10.0. The van der Waals surface area contributed by atoms with Crippen molar-refractivity contribution in [3.05, 3.63) is 75.8 Å². The zero-order valence-electron chi connectivity index (χ0n) is 20.8. The van der Waals surface area contributed by atoms with Crippen molar-refractivity contribution >= 4 is 16.6 Å². The van der Waals surface area contributed by atoms with E-state index in [1.54, 1.807) is 18.9 Å². The Bertz CT molecular complexity index is 1370. The number of hydrogen-bond donors (Lipinski definition) is 1. The molecule has 0 bridgehead atoms. The molecule has 2 aromatic carbocycles. The van der Waals surface area contributed by atoms with Crippen LogP contribution >= 0.6 is 0 Å². The summed E-state index contributed by atoms with van der Waals surface area (Å²) in [5, 5.41) is 13.5. The van der Waals surface area contributed by atoms with Crippen molar-refractivity contribution in [3.8, 4) is 5.75 Å². The summed E-state index contributed by atoms with van der Waals surface area (Å²) in [7, 11) is 3.32. The Morgan fingerprint density at radius 1 is 1.03 bits per heavy atom. The van der Waals surface area contributed by atoms with E-state index in [0.29, 0.717) is 24.5 Å². The molecule has 188 valence electrons. The molecule has 0 amide bonds. The number of benzene rings is 2. The number of piperazine rings is 1. The van der Waals surface area contributed by atoms with Gasteiger partial charge in [0, 0.05) is 50.1 Å². The number of H-pyrrole nitrogens is 1. The van der Waals surface area contributed by atoms with Gasteiger partial charge in [0.25, 0.3) is 5.56 Å². The second-order valence-electron chi connectivity index (χ2n) is 9.02. The molecule has 0 aliphatic carbocycles. The van der Waals surface area contributed by atoms with Crippen LogP contribution in [-0.4, -0.2) is 77.1 Å². The van der Waals surface area contributed by atoms with Crippen molar-refractivity contribution in [2.45, 2.75) is 19.5 Å². The van der Waals surface area contributed by atoms with Crippen LogP contribution < -0.4 is 15.2 Å². The molecule has 4 aromatic rings. The molecule has 10 heteroatoms. The number of pyridine rings is 1. The number of methoxy groups -OCH3 is 2. The van der Waals surface area contributed by atoms with Crippen molar-refractivity contribution in [2.75, 3.05) is 51.9 Å². The van der Waals surface area contributed by atoms with Crippen LogP contribution in [0.1, 0.15) is 23.0 Å². The minimum atomic E-state index is -0.385. The Balaban J connectivity index is 1.48. The lowest BCUT2D eigenvalue weighted by Gasteiger charge is -2.39. The molecule has 1 atom stereocenters. The number of fused-ring (bicyclic) bond motifs is 1. The van der Waals surface area contributed by atoms with Gasteiger partial charge in [-0.1, -0.05) is 12.1 Å². The van der Waals surface area contributed by atoms with Crippen molar-refractivity contribution in [1.82, 2.24) is 30.1 Å². The minimum absolute atomic E-state index is 0.128. The molecule has 36 heavy (non-hydrogen) atoms. The summed E-state index contributed by atoms with van der Waals surface area (Å²) >= 11 is 0. The second-order valence-corrected chi connectivity index (χ2v) is 9.02. The molecule has 3 heterocycles. The fraction of sp³-hybridized carbons (Fsp3) is 0.385.